The van der Waals surface area contributed by atoms with E-state index in [-0.39, 0.29) is 18.1 Å². The summed E-state index contributed by atoms with van der Waals surface area (Å²) < 4.78 is 0. The third kappa shape index (κ3) is 2.50. The highest BCUT2D eigenvalue weighted by Gasteiger charge is 2.16. The van der Waals surface area contributed by atoms with Crippen LogP contribution in [0.1, 0.15) is 16.2 Å². The van der Waals surface area contributed by atoms with Crippen molar-refractivity contribution in [2.75, 3.05) is 26.4 Å². The number of aromatic amines is 1. The summed E-state index contributed by atoms with van der Waals surface area (Å²) in [7, 11) is 3.23. The minimum atomic E-state index is -0.461. The molecule has 7 nitrogen and oxygen atoms in total. The van der Waals surface area contributed by atoms with E-state index in [1.165, 1.54) is 4.90 Å². The average Bonchev–Trinajstić information content (AvgIpc) is 2.55. The van der Waals surface area contributed by atoms with Crippen LogP contribution in [-0.2, 0) is 4.79 Å². The molecule has 0 fully saturated rings. The molecule has 0 atom stereocenters. The van der Waals surface area contributed by atoms with Crippen LogP contribution >= 0.6 is 0 Å². The Morgan fingerprint density at radius 3 is 2.56 bits per heavy atom. The lowest BCUT2D eigenvalue weighted by molar-refractivity contribution is -0.127. The second-order valence-electron chi connectivity index (χ2n) is 3.58. The second-order valence-corrected chi connectivity index (χ2v) is 3.58. The smallest absolute Gasteiger partial charge is 0.274 e. The fourth-order valence-corrected chi connectivity index (χ4v) is 1.01. The summed E-state index contributed by atoms with van der Waals surface area (Å²) in [5.41, 5.74) is 6.66. The summed E-state index contributed by atoms with van der Waals surface area (Å²) in [6.07, 6.45) is 0. The van der Waals surface area contributed by atoms with Crippen LogP contribution in [0.3, 0.4) is 0 Å². The van der Waals surface area contributed by atoms with Gasteiger partial charge in [0.1, 0.15) is 0 Å². The number of hydrogen-bond donors (Lipinski definition) is 3. The molecule has 0 saturated carbocycles. The number of H-pyrrole nitrogens is 1. The first-order valence-electron chi connectivity index (χ1n) is 4.72. The van der Waals surface area contributed by atoms with Crippen molar-refractivity contribution >= 4 is 17.5 Å². The van der Waals surface area contributed by atoms with Gasteiger partial charge in [-0.05, 0) is 6.92 Å². The number of aryl methyl sites for hydroxylation is 1. The van der Waals surface area contributed by atoms with Crippen molar-refractivity contribution < 1.29 is 9.59 Å². The molecular formula is C9H15N5O2. The van der Waals surface area contributed by atoms with Crippen molar-refractivity contribution in [2.24, 2.45) is 0 Å². The maximum atomic E-state index is 11.6. The molecule has 0 aliphatic carbocycles. The lowest BCUT2D eigenvalue weighted by Gasteiger charge is -2.10. The zero-order chi connectivity index (χ0) is 12.3. The molecule has 16 heavy (non-hydrogen) atoms. The topological polar surface area (TPSA) is 104 Å². The molecule has 0 bridgehead atoms. The number of anilines is 1. The summed E-state index contributed by atoms with van der Waals surface area (Å²) >= 11 is 0. The molecule has 0 aliphatic rings. The van der Waals surface area contributed by atoms with Crippen LogP contribution in [0.2, 0.25) is 0 Å². The molecular weight excluding hydrogens is 210 g/mol. The number of likely N-dealkylation sites (N-methyl/N-ethyl adjacent to an activating group) is 1. The van der Waals surface area contributed by atoms with Gasteiger partial charge in [-0.15, -0.1) is 0 Å². The van der Waals surface area contributed by atoms with Crippen molar-refractivity contribution in [2.45, 2.75) is 6.92 Å². The van der Waals surface area contributed by atoms with Gasteiger partial charge >= 0.3 is 0 Å². The van der Waals surface area contributed by atoms with Crippen molar-refractivity contribution in [1.29, 1.82) is 0 Å². The molecule has 2 amide bonds. The van der Waals surface area contributed by atoms with E-state index >= 15 is 0 Å². The number of aromatic nitrogens is 2. The molecule has 0 radical (unpaired) electrons. The van der Waals surface area contributed by atoms with Gasteiger partial charge in [-0.2, -0.15) is 5.10 Å². The highest BCUT2D eigenvalue weighted by atomic mass is 16.2. The summed E-state index contributed by atoms with van der Waals surface area (Å²) in [6, 6.07) is 0. The molecule has 88 valence electrons. The maximum absolute atomic E-state index is 11.6. The van der Waals surface area contributed by atoms with E-state index < -0.39 is 5.91 Å². The zero-order valence-electron chi connectivity index (χ0n) is 9.50. The van der Waals surface area contributed by atoms with Gasteiger partial charge in [-0.1, -0.05) is 0 Å². The highest BCUT2D eigenvalue weighted by molar-refractivity contribution is 5.99. The van der Waals surface area contributed by atoms with Crippen LogP contribution < -0.4 is 11.1 Å². The number of rotatable bonds is 3. The molecule has 1 rings (SSSR count). The Balaban J connectivity index is 2.60. The summed E-state index contributed by atoms with van der Waals surface area (Å²) in [5.74, 6) is -0.656. The minimum Gasteiger partial charge on any atom is -0.395 e. The first-order valence-corrected chi connectivity index (χ1v) is 4.72. The normalized spacial score (nSPS) is 9.94. The van der Waals surface area contributed by atoms with Crippen LogP contribution in [0.4, 0.5) is 5.69 Å². The van der Waals surface area contributed by atoms with Crippen molar-refractivity contribution in [3.8, 4) is 0 Å². The van der Waals surface area contributed by atoms with Gasteiger partial charge in [0.05, 0.1) is 17.9 Å². The standard InChI is InChI=1S/C9H15N5O2/c1-5-7(10)8(13-12-5)9(16)11-4-6(15)14(2)3/h4,10H2,1-3H3,(H,11,16)(H,12,13). The SMILES string of the molecule is Cc1[nH]nc(C(=O)NCC(=O)N(C)C)c1N. The fourth-order valence-electron chi connectivity index (χ4n) is 1.01. The number of nitrogens with one attached hydrogen (secondary N) is 2. The van der Waals surface area contributed by atoms with Crippen LogP contribution in [0, 0.1) is 6.92 Å². The van der Waals surface area contributed by atoms with Crippen LogP contribution in [0.25, 0.3) is 0 Å². The number of carbonyl (C=O) groups excluding carboxylic acids is 2. The van der Waals surface area contributed by atoms with Crippen LogP contribution in [0.5, 0.6) is 0 Å². The van der Waals surface area contributed by atoms with Gasteiger partial charge < -0.3 is 16.0 Å². The van der Waals surface area contributed by atoms with Gasteiger partial charge in [0.25, 0.3) is 5.91 Å². The number of amides is 2. The quantitative estimate of drug-likeness (QED) is 0.621. The molecule has 0 saturated heterocycles. The van der Waals surface area contributed by atoms with E-state index in [9.17, 15) is 9.59 Å². The number of nitrogens with zero attached hydrogens (tertiary/aromatic N) is 2. The van der Waals surface area contributed by atoms with Crippen molar-refractivity contribution in [1.82, 2.24) is 20.4 Å². The molecule has 1 aromatic rings. The maximum Gasteiger partial charge on any atom is 0.274 e. The van der Waals surface area contributed by atoms with Gasteiger partial charge in [-0.3, -0.25) is 14.7 Å². The Hall–Kier alpha value is -2.05. The molecule has 0 aromatic carbocycles. The summed E-state index contributed by atoms with van der Waals surface area (Å²) in [5, 5.41) is 8.79. The third-order valence-electron chi connectivity index (χ3n) is 2.11. The van der Waals surface area contributed by atoms with Gasteiger partial charge in [0.15, 0.2) is 5.69 Å². The van der Waals surface area contributed by atoms with Crippen molar-refractivity contribution in [3.05, 3.63) is 11.4 Å². The molecule has 0 spiro atoms. The zero-order valence-corrected chi connectivity index (χ0v) is 9.50. The van der Waals surface area contributed by atoms with Crippen molar-refractivity contribution in [3.63, 3.8) is 0 Å². The largest absolute Gasteiger partial charge is 0.395 e. The van der Waals surface area contributed by atoms with Gasteiger partial charge in [0.2, 0.25) is 5.91 Å². The summed E-state index contributed by atoms with van der Waals surface area (Å²) in [4.78, 5) is 24.2. The minimum absolute atomic E-state index is 0.0722. The van der Waals surface area contributed by atoms with Crippen LogP contribution in [-0.4, -0.2) is 47.6 Å². The number of carbonyl (C=O) groups is 2. The van der Waals surface area contributed by atoms with Gasteiger partial charge in [-0.25, -0.2) is 0 Å². The molecule has 1 aromatic heterocycles. The van der Waals surface area contributed by atoms with Gasteiger partial charge in [0, 0.05) is 14.1 Å². The Kier molecular flexibility index (Phi) is 3.49. The highest BCUT2D eigenvalue weighted by Crippen LogP contribution is 2.11. The molecule has 1 heterocycles. The monoisotopic (exact) mass is 225 g/mol. The lowest BCUT2D eigenvalue weighted by Crippen LogP contribution is -2.36. The number of nitrogens with two attached hydrogens (primary N) is 1. The summed E-state index contributed by atoms with van der Waals surface area (Å²) in [6.45, 7) is 1.64. The Morgan fingerprint density at radius 2 is 2.12 bits per heavy atom. The average molecular weight is 225 g/mol. The van der Waals surface area contributed by atoms with E-state index in [1.54, 1.807) is 21.0 Å². The molecule has 0 aliphatic heterocycles. The van der Waals surface area contributed by atoms with E-state index in [0.29, 0.717) is 11.4 Å². The van der Waals surface area contributed by atoms with E-state index in [0.717, 1.165) is 0 Å². The lowest BCUT2D eigenvalue weighted by atomic mass is 10.3. The third-order valence-corrected chi connectivity index (χ3v) is 2.11. The Morgan fingerprint density at radius 1 is 1.50 bits per heavy atom. The predicted molar refractivity (Wildman–Crippen MR) is 58.8 cm³/mol. The predicted octanol–water partition coefficient (Wildman–Crippen LogP) is -0.882. The Labute approximate surface area is 93.0 Å². The van der Waals surface area contributed by atoms with E-state index in [2.05, 4.69) is 15.5 Å². The first-order chi connectivity index (χ1) is 7.43. The van der Waals surface area contributed by atoms with E-state index in [1.807, 2.05) is 0 Å². The molecule has 4 N–H and O–H groups in total. The van der Waals surface area contributed by atoms with Crippen LogP contribution in [0.15, 0.2) is 0 Å². The molecule has 7 heteroatoms. The second kappa shape index (κ2) is 4.65. The fraction of sp³-hybridized carbons (Fsp3) is 0.444. The Bertz CT molecular complexity index is 410. The van der Waals surface area contributed by atoms with E-state index in [4.69, 9.17) is 5.73 Å². The first kappa shape index (κ1) is 12.0. The number of hydrogen-bond acceptors (Lipinski definition) is 4. The molecule has 0 unspecified atom stereocenters. The number of nitrogen functional groups attached to an aromatic ring is 1.